The summed E-state index contributed by atoms with van der Waals surface area (Å²) in [6, 6.07) is 19.4. The number of benzene rings is 2. The minimum Gasteiger partial charge on any atom is -0.339 e. The maximum atomic E-state index is 2.32. The van der Waals surface area contributed by atoms with Crippen molar-refractivity contribution >= 4 is 31.6 Å². The standard InChI is InChI=1S/C18H15NS/c1-12-16(13-8-4-3-5-9-13)17-14-10-6-7-11-15(14)20-18(17)19(12)2/h3-11H,1-2H3. The molecular weight excluding hydrogens is 262 g/mol. The molecule has 0 amide bonds. The lowest BCUT2D eigenvalue weighted by Gasteiger charge is -2.03. The summed E-state index contributed by atoms with van der Waals surface area (Å²) in [7, 11) is 2.17. The van der Waals surface area contributed by atoms with Crippen molar-refractivity contribution in [3.8, 4) is 11.1 Å². The fraction of sp³-hybridized carbons (Fsp3) is 0.111. The van der Waals surface area contributed by atoms with E-state index < -0.39 is 0 Å². The quantitative estimate of drug-likeness (QED) is 0.441. The molecule has 20 heavy (non-hydrogen) atoms. The number of fused-ring (bicyclic) bond motifs is 3. The Morgan fingerprint density at radius 2 is 1.60 bits per heavy atom. The van der Waals surface area contributed by atoms with Crippen LogP contribution in [0.3, 0.4) is 0 Å². The van der Waals surface area contributed by atoms with E-state index in [1.54, 1.807) is 0 Å². The molecule has 0 aliphatic heterocycles. The normalized spacial score (nSPS) is 11.5. The van der Waals surface area contributed by atoms with Gasteiger partial charge in [-0.05, 0) is 18.6 Å². The van der Waals surface area contributed by atoms with Crippen LogP contribution in [0.15, 0.2) is 54.6 Å². The lowest BCUT2D eigenvalue weighted by atomic mass is 10.0. The van der Waals surface area contributed by atoms with Gasteiger partial charge in [0.05, 0.1) is 0 Å². The lowest BCUT2D eigenvalue weighted by molar-refractivity contribution is 0.927. The van der Waals surface area contributed by atoms with E-state index in [0.717, 1.165) is 0 Å². The molecule has 1 nitrogen and oxygen atoms in total. The van der Waals surface area contributed by atoms with Gasteiger partial charge in [0, 0.05) is 33.8 Å². The third kappa shape index (κ3) is 1.49. The highest BCUT2D eigenvalue weighted by Crippen LogP contribution is 2.42. The molecular formula is C18H15NS. The molecule has 4 aromatic rings. The summed E-state index contributed by atoms with van der Waals surface area (Å²) in [6.45, 7) is 2.21. The van der Waals surface area contributed by atoms with Gasteiger partial charge in [0.2, 0.25) is 0 Å². The van der Waals surface area contributed by atoms with E-state index >= 15 is 0 Å². The molecule has 2 heteroatoms. The Balaban J connectivity index is 2.22. The fourth-order valence-electron chi connectivity index (χ4n) is 2.97. The summed E-state index contributed by atoms with van der Waals surface area (Å²) >= 11 is 1.88. The maximum absolute atomic E-state index is 2.32. The molecule has 4 rings (SSSR count). The second-order valence-corrected chi connectivity index (χ2v) is 6.19. The second kappa shape index (κ2) is 4.22. The van der Waals surface area contributed by atoms with Crippen LogP contribution in [-0.4, -0.2) is 4.57 Å². The summed E-state index contributed by atoms with van der Waals surface area (Å²) in [5, 5.41) is 2.77. The smallest absolute Gasteiger partial charge is 0.104 e. The molecule has 2 aromatic heterocycles. The van der Waals surface area contributed by atoms with Gasteiger partial charge in [-0.15, -0.1) is 11.3 Å². The van der Waals surface area contributed by atoms with Gasteiger partial charge < -0.3 is 4.57 Å². The van der Waals surface area contributed by atoms with E-state index in [0.29, 0.717) is 0 Å². The van der Waals surface area contributed by atoms with Crippen molar-refractivity contribution in [3.05, 3.63) is 60.3 Å². The minimum absolute atomic E-state index is 1.30. The molecule has 2 aromatic carbocycles. The average molecular weight is 277 g/mol. The van der Waals surface area contributed by atoms with Crippen molar-refractivity contribution in [2.75, 3.05) is 0 Å². The van der Waals surface area contributed by atoms with Crippen molar-refractivity contribution in [1.82, 2.24) is 4.57 Å². The zero-order chi connectivity index (χ0) is 13.7. The van der Waals surface area contributed by atoms with Gasteiger partial charge in [0.15, 0.2) is 0 Å². The Morgan fingerprint density at radius 1 is 0.900 bits per heavy atom. The molecule has 0 atom stereocenters. The first-order valence-corrected chi connectivity index (χ1v) is 7.61. The van der Waals surface area contributed by atoms with Gasteiger partial charge in [0.1, 0.15) is 4.83 Å². The summed E-state index contributed by atoms with van der Waals surface area (Å²) in [5.74, 6) is 0. The molecule has 0 aliphatic rings. The Kier molecular flexibility index (Phi) is 2.48. The number of hydrogen-bond acceptors (Lipinski definition) is 1. The third-order valence-electron chi connectivity index (χ3n) is 4.06. The molecule has 0 bridgehead atoms. The van der Waals surface area contributed by atoms with Gasteiger partial charge in [0.25, 0.3) is 0 Å². The van der Waals surface area contributed by atoms with Crippen LogP contribution in [0.5, 0.6) is 0 Å². The number of nitrogens with zero attached hydrogens (tertiary/aromatic N) is 1. The summed E-state index contributed by atoms with van der Waals surface area (Å²) in [6.07, 6.45) is 0. The first kappa shape index (κ1) is 11.7. The zero-order valence-corrected chi connectivity index (χ0v) is 12.4. The molecule has 0 radical (unpaired) electrons. The molecule has 0 N–H and O–H groups in total. The van der Waals surface area contributed by atoms with Gasteiger partial charge in [-0.2, -0.15) is 0 Å². The van der Waals surface area contributed by atoms with E-state index in [4.69, 9.17) is 0 Å². The van der Waals surface area contributed by atoms with Crippen molar-refractivity contribution in [3.63, 3.8) is 0 Å². The van der Waals surface area contributed by atoms with Crippen LogP contribution in [-0.2, 0) is 7.05 Å². The van der Waals surface area contributed by atoms with Crippen molar-refractivity contribution < 1.29 is 0 Å². The molecule has 2 heterocycles. The zero-order valence-electron chi connectivity index (χ0n) is 11.6. The van der Waals surface area contributed by atoms with Crippen molar-refractivity contribution in [1.29, 1.82) is 0 Å². The van der Waals surface area contributed by atoms with Crippen LogP contribution in [0.2, 0.25) is 0 Å². The summed E-state index contributed by atoms with van der Waals surface area (Å²) in [4.78, 5) is 1.36. The Bertz CT molecular complexity index is 913. The van der Waals surface area contributed by atoms with Crippen LogP contribution in [0.25, 0.3) is 31.4 Å². The highest BCUT2D eigenvalue weighted by molar-refractivity contribution is 7.25. The Labute approximate surface area is 122 Å². The third-order valence-corrected chi connectivity index (χ3v) is 5.31. The SMILES string of the molecule is Cc1c(-c2ccccc2)c2c3ccccc3sc2n1C. The first-order chi connectivity index (χ1) is 9.77. The number of aryl methyl sites for hydroxylation is 1. The minimum atomic E-state index is 1.30. The predicted octanol–water partition coefficient (Wildman–Crippen LogP) is 5.37. The fourth-order valence-corrected chi connectivity index (χ4v) is 4.19. The van der Waals surface area contributed by atoms with E-state index in [9.17, 15) is 0 Å². The van der Waals surface area contributed by atoms with Crippen LogP contribution < -0.4 is 0 Å². The van der Waals surface area contributed by atoms with Gasteiger partial charge in [-0.1, -0.05) is 48.5 Å². The summed E-state index contributed by atoms with van der Waals surface area (Å²) < 4.78 is 3.69. The Morgan fingerprint density at radius 3 is 2.40 bits per heavy atom. The molecule has 0 fully saturated rings. The second-order valence-electron chi connectivity index (χ2n) is 5.16. The molecule has 0 saturated heterocycles. The highest BCUT2D eigenvalue weighted by Gasteiger charge is 2.18. The lowest BCUT2D eigenvalue weighted by Crippen LogP contribution is -1.89. The monoisotopic (exact) mass is 277 g/mol. The topological polar surface area (TPSA) is 4.93 Å². The number of aromatic nitrogens is 1. The van der Waals surface area contributed by atoms with Crippen LogP contribution in [0.1, 0.15) is 5.69 Å². The van der Waals surface area contributed by atoms with Gasteiger partial charge in [-0.25, -0.2) is 0 Å². The van der Waals surface area contributed by atoms with E-state index in [2.05, 4.69) is 73.1 Å². The van der Waals surface area contributed by atoms with Crippen LogP contribution in [0, 0.1) is 6.92 Å². The summed E-state index contributed by atoms with van der Waals surface area (Å²) in [5.41, 5.74) is 4.02. The number of thiophene rings is 1. The largest absolute Gasteiger partial charge is 0.339 e. The molecule has 0 saturated carbocycles. The number of hydrogen-bond donors (Lipinski definition) is 0. The average Bonchev–Trinajstić information content (AvgIpc) is 2.97. The van der Waals surface area contributed by atoms with E-state index in [-0.39, 0.29) is 0 Å². The predicted molar refractivity (Wildman–Crippen MR) is 88.5 cm³/mol. The maximum Gasteiger partial charge on any atom is 0.104 e. The molecule has 0 aliphatic carbocycles. The van der Waals surface area contributed by atoms with Crippen molar-refractivity contribution in [2.24, 2.45) is 7.05 Å². The first-order valence-electron chi connectivity index (χ1n) is 6.79. The van der Waals surface area contributed by atoms with Crippen LogP contribution >= 0.6 is 11.3 Å². The van der Waals surface area contributed by atoms with Gasteiger partial charge >= 0.3 is 0 Å². The molecule has 98 valence electrons. The number of rotatable bonds is 1. The van der Waals surface area contributed by atoms with Crippen molar-refractivity contribution in [2.45, 2.75) is 6.92 Å². The highest BCUT2D eigenvalue weighted by atomic mass is 32.1. The van der Waals surface area contributed by atoms with Crippen LogP contribution in [0.4, 0.5) is 0 Å². The molecule has 0 spiro atoms. The van der Waals surface area contributed by atoms with E-state index in [1.165, 1.54) is 37.1 Å². The van der Waals surface area contributed by atoms with E-state index in [1.807, 2.05) is 11.3 Å². The molecule has 0 unspecified atom stereocenters. The van der Waals surface area contributed by atoms with Gasteiger partial charge in [-0.3, -0.25) is 0 Å². The Hall–Kier alpha value is -2.06.